The largest absolute Gasteiger partial charge is 0.356 e. The summed E-state index contributed by atoms with van der Waals surface area (Å²) in [5.41, 5.74) is 2.35. The molecule has 2 amide bonds. The minimum atomic E-state index is 0.0564. The van der Waals surface area contributed by atoms with Gasteiger partial charge in [-0.05, 0) is 32.1 Å². The first-order chi connectivity index (χ1) is 9.51. The Kier molecular flexibility index (Phi) is 3.03. The molecule has 108 valence electrons. The van der Waals surface area contributed by atoms with Crippen molar-refractivity contribution in [3.8, 4) is 0 Å². The Labute approximate surface area is 117 Å². The first-order valence-electron chi connectivity index (χ1n) is 7.08. The van der Waals surface area contributed by atoms with Crippen LogP contribution in [0.5, 0.6) is 0 Å². The first kappa shape index (κ1) is 13.1. The summed E-state index contributed by atoms with van der Waals surface area (Å²) in [7, 11) is 0. The Hall–Kier alpha value is -1.85. The van der Waals surface area contributed by atoms with Gasteiger partial charge in [0.15, 0.2) is 0 Å². The van der Waals surface area contributed by atoms with Crippen molar-refractivity contribution in [2.75, 3.05) is 19.6 Å². The van der Waals surface area contributed by atoms with Crippen LogP contribution in [0.1, 0.15) is 41.0 Å². The third-order valence-electron chi connectivity index (χ3n) is 4.65. The van der Waals surface area contributed by atoms with Crippen LogP contribution in [0.15, 0.2) is 0 Å². The number of carbonyl (C=O) groups excluding carboxylic acids is 2. The predicted octanol–water partition coefficient (Wildman–Crippen LogP) is 0.769. The number of aromatic nitrogens is 2. The smallest absolute Gasteiger partial charge is 0.257 e. The lowest BCUT2D eigenvalue weighted by Crippen LogP contribution is -2.44. The van der Waals surface area contributed by atoms with Crippen LogP contribution < -0.4 is 5.32 Å². The molecule has 0 radical (unpaired) electrons. The van der Waals surface area contributed by atoms with Crippen LogP contribution in [0.25, 0.3) is 0 Å². The Balaban J connectivity index is 1.69. The molecule has 1 aromatic rings. The minimum absolute atomic E-state index is 0.0564. The summed E-state index contributed by atoms with van der Waals surface area (Å²) in [6.45, 7) is 5.92. The maximum absolute atomic E-state index is 12.6. The van der Waals surface area contributed by atoms with Gasteiger partial charge in [0.05, 0.1) is 11.3 Å². The summed E-state index contributed by atoms with van der Waals surface area (Å²) in [6.07, 6.45) is 2.40. The number of rotatable bonds is 1. The second kappa shape index (κ2) is 4.61. The van der Waals surface area contributed by atoms with E-state index < -0.39 is 0 Å². The number of carbonyl (C=O) groups is 2. The molecule has 1 spiro atoms. The van der Waals surface area contributed by atoms with Gasteiger partial charge >= 0.3 is 0 Å². The summed E-state index contributed by atoms with van der Waals surface area (Å²) in [5, 5.41) is 9.86. The lowest BCUT2D eigenvalue weighted by molar-refractivity contribution is -0.119. The van der Waals surface area contributed by atoms with Gasteiger partial charge in [-0.25, -0.2) is 0 Å². The Morgan fingerprint density at radius 2 is 2.00 bits per heavy atom. The number of amides is 2. The van der Waals surface area contributed by atoms with E-state index in [1.54, 1.807) is 0 Å². The predicted molar refractivity (Wildman–Crippen MR) is 73.3 cm³/mol. The topological polar surface area (TPSA) is 78.1 Å². The average molecular weight is 276 g/mol. The van der Waals surface area contributed by atoms with Gasteiger partial charge in [0, 0.05) is 31.7 Å². The fourth-order valence-corrected chi connectivity index (χ4v) is 3.31. The molecule has 2 fully saturated rings. The third kappa shape index (κ3) is 2.09. The number of hydrogen-bond acceptors (Lipinski definition) is 3. The van der Waals surface area contributed by atoms with Crippen molar-refractivity contribution in [2.24, 2.45) is 5.41 Å². The van der Waals surface area contributed by atoms with Gasteiger partial charge in [-0.15, -0.1) is 0 Å². The molecular formula is C14H20N4O2. The Morgan fingerprint density at radius 3 is 2.50 bits per heavy atom. The van der Waals surface area contributed by atoms with E-state index in [0.717, 1.165) is 43.9 Å². The number of nitrogens with zero attached hydrogens (tertiary/aromatic N) is 2. The second-order valence-electron chi connectivity index (χ2n) is 6.05. The molecule has 1 aromatic heterocycles. The summed E-state index contributed by atoms with van der Waals surface area (Å²) in [5.74, 6) is 0.201. The fraction of sp³-hybridized carbons (Fsp3) is 0.643. The van der Waals surface area contributed by atoms with E-state index in [9.17, 15) is 9.59 Å². The van der Waals surface area contributed by atoms with E-state index in [2.05, 4.69) is 15.5 Å². The number of likely N-dealkylation sites (tertiary alicyclic amines) is 1. The summed E-state index contributed by atoms with van der Waals surface area (Å²) >= 11 is 0. The van der Waals surface area contributed by atoms with Crippen molar-refractivity contribution in [3.05, 3.63) is 17.0 Å². The van der Waals surface area contributed by atoms with Crippen LogP contribution in [0.2, 0.25) is 0 Å². The number of H-pyrrole nitrogens is 1. The number of aromatic amines is 1. The molecule has 0 bridgehead atoms. The molecule has 20 heavy (non-hydrogen) atoms. The van der Waals surface area contributed by atoms with Gasteiger partial charge in [0.2, 0.25) is 5.91 Å². The quantitative estimate of drug-likeness (QED) is 0.795. The third-order valence-corrected chi connectivity index (χ3v) is 4.65. The van der Waals surface area contributed by atoms with Crippen LogP contribution >= 0.6 is 0 Å². The SMILES string of the molecule is Cc1n[nH]c(C)c1C(=O)N1CCC2(CC1)CNC(=O)C2. The molecule has 0 atom stereocenters. The van der Waals surface area contributed by atoms with Gasteiger partial charge in [-0.2, -0.15) is 5.10 Å². The zero-order valence-electron chi connectivity index (χ0n) is 12.0. The van der Waals surface area contributed by atoms with Crippen LogP contribution in [-0.4, -0.2) is 46.5 Å². The number of nitrogens with one attached hydrogen (secondary N) is 2. The summed E-state index contributed by atoms with van der Waals surface area (Å²) < 4.78 is 0. The highest BCUT2D eigenvalue weighted by molar-refractivity contribution is 5.96. The van der Waals surface area contributed by atoms with E-state index in [1.807, 2.05) is 18.7 Å². The molecule has 6 heteroatoms. The molecule has 0 aliphatic carbocycles. The fourth-order valence-electron chi connectivity index (χ4n) is 3.31. The minimum Gasteiger partial charge on any atom is -0.356 e. The molecule has 2 aliphatic rings. The zero-order chi connectivity index (χ0) is 14.3. The molecule has 0 aromatic carbocycles. The van der Waals surface area contributed by atoms with Crippen molar-refractivity contribution in [1.29, 1.82) is 0 Å². The molecule has 0 unspecified atom stereocenters. The molecular weight excluding hydrogens is 256 g/mol. The molecule has 3 rings (SSSR count). The lowest BCUT2D eigenvalue weighted by atomic mass is 9.77. The number of aryl methyl sites for hydroxylation is 2. The highest BCUT2D eigenvalue weighted by atomic mass is 16.2. The maximum atomic E-state index is 12.6. The van der Waals surface area contributed by atoms with E-state index >= 15 is 0 Å². The number of piperidine rings is 1. The van der Waals surface area contributed by atoms with Crippen LogP contribution in [0.4, 0.5) is 0 Å². The van der Waals surface area contributed by atoms with Crippen molar-refractivity contribution >= 4 is 11.8 Å². The van der Waals surface area contributed by atoms with Crippen molar-refractivity contribution < 1.29 is 9.59 Å². The van der Waals surface area contributed by atoms with Crippen LogP contribution in [-0.2, 0) is 4.79 Å². The van der Waals surface area contributed by atoms with Gasteiger partial charge in [0.25, 0.3) is 5.91 Å². The van der Waals surface area contributed by atoms with Crippen LogP contribution in [0.3, 0.4) is 0 Å². The zero-order valence-corrected chi connectivity index (χ0v) is 12.0. The highest BCUT2D eigenvalue weighted by Gasteiger charge is 2.42. The molecule has 2 N–H and O–H groups in total. The molecule has 6 nitrogen and oxygen atoms in total. The van der Waals surface area contributed by atoms with E-state index in [4.69, 9.17) is 0 Å². The Bertz CT molecular complexity index is 536. The van der Waals surface area contributed by atoms with Crippen molar-refractivity contribution in [3.63, 3.8) is 0 Å². The van der Waals surface area contributed by atoms with Crippen LogP contribution in [0, 0.1) is 19.3 Å². The maximum Gasteiger partial charge on any atom is 0.257 e. The van der Waals surface area contributed by atoms with Crippen molar-refractivity contribution in [1.82, 2.24) is 20.4 Å². The monoisotopic (exact) mass is 276 g/mol. The normalized spacial score (nSPS) is 21.3. The lowest BCUT2D eigenvalue weighted by Gasteiger charge is -2.38. The van der Waals surface area contributed by atoms with Crippen molar-refractivity contribution in [2.45, 2.75) is 33.1 Å². The van der Waals surface area contributed by atoms with E-state index in [1.165, 1.54) is 0 Å². The number of hydrogen-bond donors (Lipinski definition) is 2. The second-order valence-corrected chi connectivity index (χ2v) is 6.05. The summed E-state index contributed by atoms with van der Waals surface area (Å²) in [6, 6.07) is 0. The van der Waals surface area contributed by atoms with E-state index in [-0.39, 0.29) is 17.2 Å². The Morgan fingerprint density at radius 1 is 1.30 bits per heavy atom. The van der Waals surface area contributed by atoms with Gasteiger partial charge < -0.3 is 10.2 Å². The van der Waals surface area contributed by atoms with Gasteiger partial charge in [0.1, 0.15) is 0 Å². The highest BCUT2D eigenvalue weighted by Crippen LogP contribution is 2.37. The van der Waals surface area contributed by atoms with Gasteiger partial charge in [-0.3, -0.25) is 14.7 Å². The molecule has 0 saturated carbocycles. The van der Waals surface area contributed by atoms with Gasteiger partial charge in [-0.1, -0.05) is 0 Å². The molecule has 2 aliphatic heterocycles. The van der Waals surface area contributed by atoms with E-state index in [0.29, 0.717) is 12.0 Å². The summed E-state index contributed by atoms with van der Waals surface area (Å²) in [4.78, 5) is 25.8. The first-order valence-corrected chi connectivity index (χ1v) is 7.08. The standard InChI is InChI=1S/C14H20N4O2/c1-9-12(10(2)17-16-9)13(20)18-5-3-14(4-6-18)7-11(19)15-8-14/h3-8H2,1-2H3,(H,15,19)(H,16,17). The molecule has 2 saturated heterocycles. The average Bonchev–Trinajstić information content (AvgIpc) is 2.94. The molecule has 3 heterocycles.